The molecule has 4 aliphatic rings. The van der Waals surface area contributed by atoms with Gasteiger partial charge in [-0.1, -0.05) is 113 Å². The number of benzene rings is 4. The van der Waals surface area contributed by atoms with Crippen LogP contribution in [0.5, 0.6) is 0 Å². The molecule has 0 spiro atoms. The molecule has 0 bridgehead atoms. The minimum absolute atomic E-state index is 0. The normalized spacial score (nSPS) is 18.6. The van der Waals surface area contributed by atoms with E-state index in [-0.39, 0.29) is 51.6 Å². The number of carbonyl (C=O) groups excluding carboxylic acids is 2. The molecule has 2 N–H and O–H groups in total. The SMILES string of the molecule is O=C1CCCCc2c(Br)cccc21.O=C1CCCCc2ccc(Br)cc21.OC1CCCCc2c(Br)cccc21.OC1CCCCc2ccc(Br)cc21.[B].[H-].[Na+]. The van der Waals surface area contributed by atoms with Crippen molar-refractivity contribution in [1.82, 2.24) is 0 Å². The first kappa shape index (κ1) is 47.5. The van der Waals surface area contributed by atoms with Crippen LogP contribution in [0.4, 0.5) is 0 Å². The van der Waals surface area contributed by atoms with Crippen molar-refractivity contribution in [2.45, 2.75) is 115 Å². The number of halogens is 4. The third-order valence-electron chi connectivity index (χ3n) is 10.3. The van der Waals surface area contributed by atoms with Crippen LogP contribution in [0.25, 0.3) is 0 Å². The zero-order valence-corrected chi connectivity index (χ0v) is 39.5. The van der Waals surface area contributed by atoms with E-state index in [2.05, 4.69) is 88.0 Å². The molecule has 0 amide bonds. The summed E-state index contributed by atoms with van der Waals surface area (Å²) in [6.07, 6.45) is 16.0. The first-order valence-electron chi connectivity index (χ1n) is 18.7. The van der Waals surface area contributed by atoms with E-state index in [1.165, 1.54) is 35.1 Å². The maximum Gasteiger partial charge on any atom is 1.00 e. The molecule has 10 heteroatoms. The van der Waals surface area contributed by atoms with Crippen molar-refractivity contribution in [2.24, 2.45) is 0 Å². The van der Waals surface area contributed by atoms with Gasteiger partial charge in [0.1, 0.15) is 0 Å². The molecule has 4 aliphatic carbocycles. The van der Waals surface area contributed by atoms with E-state index in [4.69, 9.17) is 0 Å². The fourth-order valence-corrected chi connectivity index (χ4v) is 9.30. The molecule has 4 aromatic rings. The van der Waals surface area contributed by atoms with Crippen LogP contribution in [0.1, 0.15) is 145 Å². The van der Waals surface area contributed by atoms with E-state index < -0.39 is 0 Å². The maximum atomic E-state index is 11.6. The van der Waals surface area contributed by atoms with Crippen LogP contribution in [-0.2, 0) is 25.7 Å². The van der Waals surface area contributed by atoms with E-state index in [1.54, 1.807) is 0 Å². The summed E-state index contributed by atoms with van der Waals surface area (Å²) in [6, 6.07) is 24.2. The molecular weight excluding hydrogens is 946 g/mol. The number of rotatable bonds is 0. The van der Waals surface area contributed by atoms with Crippen LogP contribution < -0.4 is 29.6 Å². The van der Waals surface area contributed by atoms with Crippen LogP contribution in [0.3, 0.4) is 0 Å². The molecular formula is C44H49BBr4NaO4. The summed E-state index contributed by atoms with van der Waals surface area (Å²) in [5.41, 5.74) is 9.11. The van der Waals surface area contributed by atoms with Crippen LogP contribution in [0.15, 0.2) is 90.7 Å². The van der Waals surface area contributed by atoms with Crippen molar-refractivity contribution >= 4 is 83.7 Å². The molecule has 0 heterocycles. The Bertz CT molecular complexity index is 1840. The van der Waals surface area contributed by atoms with Gasteiger partial charge in [-0.05, 0) is 147 Å². The zero-order chi connectivity index (χ0) is 37.0. The number of hydrogen-bond donors (Lipinski definition) is 2. The molecule has 3 radical (unpaired) electrons. The van der Waals surface area contributed by atoms with Gasteiger partial charge in [0, 0.05) is 50.3 Å². The Morgan fingerprint density at radius 3 is 1.69 bits per heavy atom. The Morgan fingerprint density at radius 1 is 0.500 bits per heavy atom. The zero-order valence-electron chi connectivity index (χ0n) is 32.2. The molecule has 0 aliphatic heterocycles. The summed E-state index contributed by atoms with van der Waals surface area (Å²) < 4.78 is 4.29. The van der Waals surface area contributed by atoms with Gasteiger partial charge in [-0.25, -0.2) is 0 Å². The maximum absolute atomic E-state index is 11.6. The fraction of sp³-hybridized carbons (Fsp3) is 0.409. The number of ketones is 2. The molecule has 2 atom stereocenters. The van der Waals surface area contributed by atoms with Gasteiger partial charge >= 0.3 is 29.6 Å². The Labute approximate surface area is 380 Å². The van der Waals surface area contributed by atoms with Crippen molar-refractivity contribution in [3.8, 4) is 0 Å². The van der Waals surface area contributed by atoms with Crippen LogP contribution in [0.2, 0.25) is 0 Å². The summed E-state index contributed by atoms with van der Waals surface area (Å²) in [7, 11) is 0. The van der Waals surface area contributed by atoms with Crippen molar-refractivity contribution in [2.75, 3.05) is 0 Å². The molecule has 2 unspecified atom stereocenters. The van der Waals surface area contributed by atoms with E-state index in [1.807, 2.05) is 48.5 Å². The van der Waals surface area contributed by atoms with E-state index >= 15 is 0 Å². The number of aryl methyl sites for hydroxylation is 2. The Kier molecular flexibility index (Phi) is 21.2. The standard InChI is InChI=1S/C11H13BrO.C11H11BrO.C11H13BrO.C11H11BrO.B.Na.H/c2*12-10-6-3-5-9-8(10)4-1-2-7-11(9)13;2*12-9-6-5-8-3-1-2-4-11(13)10(8)7-9;;;/h3,5-6,11,13H,1-2,4,7H2;3,5-6H,1-2,4,7H2;5-7,11,13H,1-4H2;5-7H,1-4H2;;;/q;;;;;+1;-1. The first-order chi connectivity index (χ1) is 25.1. The Balaban J connectivity index is 0.000000249. The Morgan fingerprint density at radius 2 is 0.981 bits per heavy atom. The van der Waals surface area contributed by atoms with Gasteiger partial charge in [0.25, 0.3) is 0 Å². The second-order valence-corrected chi connectivity index (χ2v) is 17.5. The second-order valence-electron chi connectivity index (χ2n) is 14.0. The van der Waals surface area contributed by atoms with Gasteiger partial charge in [-0.3, -0.25) is 9.59 Å². The average molecular weight is 995 g/mol. The number of hydrogen-bond acceptors (Lipinski definition) is 4. The molecule has 4 nitrogen and oxygen atoms in total. The molecule has 0 fully saturated rings. The topological polar surface area (TPSA) is 74.6 Å². The smallest absolute Gasteiger partial charge is 1.00 e. The van der Waals surface area contributed by atoms with Gasteiger partial charge in [-0.2, -0.15) is 0 Å². The van der Waals surface area contributed by atoms with Crippen molar-refractivity contribution in [3.05, 3.63) is 135 Å². The largest absolute Gasteiger partial charge is 1.00 e. The summed E-state index contributed by atoms with van der Waals surface area (Å²) in [5.74, 6) is 0.600. The quantitative estimate of drug-likeness (QED) is 0.136. The minimum Gasteiger partial charge on any atom is -1.00 e. The van der Waals surface area contributed by atoms with Crippen LogP contribution >= 0.6 is 63.7 Å². The van der Waals surface area contributed by atoms with Gasteiger partial charge in [0.2, 0.25) is 0 Å². The van der Waals surface area contributed by atoms with E-state index in [0.29, 0.717) is 24.4 Å². The van der Waals surface area contributed by atoms with Crippen molar-refractivity contribution < 1.29 is 50.8 Å². The van der Waals surface area contributed by atoms with Gasteiger partial charge in [0.15, 0.2) is 11.6 Å². The summed E-state index contributed by atoms with van der Waals surface area (Å²) in [4.78, 5) is 23.3. The van der Waals surface area contributed by atoms with Gasteiger partial charge in [0.05, 0.1) is 12.2 Å². The van der Waals surface area contributed by atoms with Crippen molar-refractivity contribution in [3.63, 3.8) is 0 Å². The molecule has 54 heavy (non-hydrogen) atoms. The third kappa shape index (κ3) is 13.6. The number of aliphatic hydroxyl groups is 2. The number of carbonyl (C=O) groups is 2. The number of Topliss-reactive ketones (excluding diaryl/α,β-unsaturated/α-hetero) is 2. The summed E-state index contributed by atoms with van der Waals surface area (Å²) >= 11 is 13.8. The predicted octanol–water partition coefficient (Wildman–Crippen LogP) is 9.87. The van der Waals surface area contributed by atoms with E-state index in [0.717, 1.165) is 117 Å². The summed E-state index contributed by atoms with van der Waals surface area (Å²) in [5, 5.41) is 19.7. The first-order valence-corrected chi connectivity index (χ1v) is 21.8. The van der Waals surface area contributed by atoms with Gasteiger partial charge in [-0.15, -0.1) is 0 Å². The van der Waals surface area contributed by atoms with Gasteiger partial charge < -0.3 is 11.6 Å². The molecule has 0 saturated carbocycles. The molecule has 8 rings (SSSR count). The Hall–Kier alpha value is -0.875. The van der Waals surface area contributed by atoms with Crippen LogP contribution in [0, 0.1) is 0 Å². The average Bonchev–Trinajstić information content (AvgIpc) is 3.62. The second kappa shape index (κ2) is 24.1. The molecule has 281 valence electrons. The van der Waals surface area contributed by atoms with Crippen LogP contribution in [-0.4, -0.2) is 30.2 Å². The fourth-order valence-electron chi connectivity index (χ4n) is 7.42. The minimum atomic E-state index is -0.255. The molecule has 0 saturated heterocycles. The predicted molar refractivity (Wildman–Crippen MR) is 232 cm³/mol. The number of aliphatic hydroxyl groups excluding tert-OH is 2. The molecule has 4 aromatic carbocycles. The molecule has 0 aromatic heterocycles. The van der Waals surface area contributed by atoms with E-state index in [9.17, 15) is 19.8 Å². The van der Waals surface area contributed by atoms with Crippen molar-refractivity contribution in [1.29, 1.82) is 0 Å². The monoisotopic (exact) mass is 991 g/mol. The number of fused-ring (bicyclic) bond motifs is 4. The summed E-state index contributed by atoms with van der Waals surface area (Å²) in [6.45, 7) is 0. The third-order valence-corrected chi connectivity index (χ3v) is 12.8.